The summed E-state index contributed by atoms with van der Waals surface area (Å²) in [4.78, 5) is 17.6. The van der Waals surface area contributed by atoms with Crippen LogP contribution in [0.5, 0.6) is 11.5 Å². The second-order valence-corrected chi connectivity index (χ2v) is 6.09. The summed E-state index contributed by atoms with van der Waals surface area (Å²) >= 11 is 1.19. The topological polar surface area (TPSA) is 86.5 Å². The number of nitrogens with one attached hydrogen (secondary N) is 1. The Morgan fingerprint density at radius 1 is 1.04 bits per heavy atom. The van der Waals surface area contributed by atoms with E-state index in [4.69, 9.17) is 15.2 Å². The first-order valence-electron chi connectivity index (χ1n) is 7.48. The fourth-order valence-corrected chi connectivity index (χ4v) is 3.23. The first-order valence-corrected chi connectivity index (χ1v) is 8.29. The summed E-state index contributed by atoms with van der Waals surface area (Å²) in [7, 11) is 3.01. The van der Waals surface area contributed by atoms with Crippen LogP contribution >= 0.6 is 11.3 Å². The van der Waals surface area contributed by atoms with Crippen molar-refractivity contribution in [2.45, 2.75) is 0 Å². The van der Waals surface area contributed by atoms with Crippen LogP contribution in [0.15, 0.2) is 48.5 Å². The van der Waals surface area contributed by atoms with Crippen LogP contribution in [0.25, 0.3) is 0 Å². The highest BCUT2D eigenvalue weighted by Crippen LogP contribution is 2.35. The maximum Gasteiger partial charge on any atom is 0.214 e. The lowest BCUT2D eigenvalue weighted by Gasteiger charge is -2.11. The van der Waals surface area contributed by atoms with Gasteiger partial charge in [-0.15, -0.1) is 0 Å². The summed E-state index contributed by atoms with van der Waals surface area (Å²) in [6, 6.07) is 14.7. The van der Waals surface area contributed by atoms with Gasteiger partial charge in [-0.2, -0.15) is 0 Å². The normalized spacial score (nSPS) is 10.3. The monoisotopic (exact) mass is 355 g/mol. The number of nitrogen functional groups attached to an aromatic ring is 1. The maximum absolute atomic E-state index is 13.0. The number of rotatable bonds is 6. The molecule has 0 atom stereocenters. The largest absolute Gasteiger partial charge is 0.496 e. The van der Waals surface area contributed by atoms with E-state index in [0.717, 1.165) is 5.69 Å². The number of aromatic nitrogens is 1. The number of anilines is 3. The lowest BCUT2D eigenvalue weighted by molar-refractivity contribution is 0.103. The van der Waals surface area contributed by atoms with E-state index in [1.807, 2.05) is 30.3 Å². The second-order valence-electron chi connectivity index (χ2n) is 5.09. The van der Waals surface area contributed by atoms with Crippen LogP contribution in [-0.4, -0.2) is 25.0 Å². The van der Waals surface area contributed by atoms with Crippen molar-refractivity contribution in [3.63, 3.8) is 0 Å². The Kier molecular flexibility index (Phi) is 4.85. The Hall–Kier alpha value is -3.06. The lowest BCUT2D eigenvalue weighted by Crippen LogP contribution is -2.07. The van der Waals surface area contributed by atoms with Gasteiger partial charge in [-0.3, -0.25) is 4.79 Å². The van der Waals surface area contributed by atoms with Crippen LogP contribution in [0.3, 0.4) is 0 Å². The molecule has 7 heteroatoms. The molecule has 0 aliphatic carbocycles. The fourth-order valence-electron chi connectivity index (χ4n) is 2.38. The summed E-state index contributed by atoms with van der Waals surface area (Å²) < 4.78 is 10.6. The molecule has 6 nitrogen and oxygen atoms in total. The van der Waals surface area contributed by atoms with Crippen molar-refractivity contribution in [2.75, 3.05) is 25.3 Å². The zero-order valence-electron chi connectivity index (χ0n) is 13.8. The second kappa shape index (κ2) is 7.23. The Labute approximate surface area is 149 Å². The molecule has 1 aromatic heterocycles. The summed E-state index contributed by atoms with van der Waals surface area (Å²) in [6.07, 6.45) is 0. The van der Waals surface area contributed by atoms with Crippen molar-refractivity contribution in [1.29, 1.82) is 0 Å². The predicted octanol–water partition coefficient (Wildman–Crippen LogP) is 3.72. The molecule has 0 radical (unpaired) electrons. The average Bonchev–Trinajstić information content (AvgIpc) is 3.01. The van der Waals surface area contributed by atoms with E-state index in [0.29, 0.717) is 27.1 Å². The number of nitrogens with two attached hydrogens (primary N) is 1. The standard InChI is InChI=1S/C18H17N3O3S/c1-23-12-9-6-10-13(24-2)14(12)15(22)16-17(19)21-18(25-16)20-11-7-4-3-5-8-11/h3-10H,19H2,1-2H3,(H,20,21). The molecule has 0 aliphatic heterocycles. The van der Waals surface area contributed by atoms with Crippen LogP contribution in [-0.2, 0) is 0 Å². The Bertz CT molecular complexity index is 872. The number of ether oxygens (including phenoxy) is 2. The number of ketones is 1. The fraction of sp³-hybridized carbons (Fsp3) is 0.111. The molecule has 0 fully saturated rings. The number of methoxy groups -OCH3 is 2. The minimum Gasteiger partial charge on any atom is -0.496 e. The Morgan fingerprint density at radius 3 is 2.28 bits per heavy atom. The molecular formula is C18H17N3O3S. The Morgan fingerprint density at radius 2 is 1.68 bits per heavy atom. The number of carbonyl (C=O) groups is 1. The van der Waals surface area contributed by atoms with Gasteiger partial charge in [-0.25, -0.2) is 4.98 Å². The minimum absolute atomic E-state index is 0.168. The van der Waals surface area contributed by atoms with Crippen molar-refractivity contribution in [1.82, 2.24) is 4.98 Å². The van der Waals surface area contributed by atoms with Crippen molar-refractivity contribution >= 4 is 33.8 Å². The average molecular weight is 355 g/mol. The molecule has 0 amide bonds. The quantitative estimate of drug-likeness (QED) is 0.656. The van der Waals surface area contributed by atoms with Gasteiger partial charge in [0, 0.05) is 5.69 Å². The number of para-hydroxylation sites is 1. The first kappa shape index (κ1) is 16.8. The molecule has 3 aromatic rings. The number of hydrogen-bond acceptors (Lipinski definition) is 7. The smallest absolute Gasteiger partial charge is 0.214 e. The molecule has 0 saturated carbocycles. The third-order valence-electron chi connectivity index (χ3n) is 3.54. The van der Waals surface area contributed by atoms with E-state index in [1.165, 1.54) is 25.6 Å². The zero-order chi connectivity index (χ0) is 17.8. The molecule has 0 spiro atoms. The van der Waals surface area contributed by atoms with E-state index in [-0.39, 0.29) is 11.6 Å². The van der Waals surface area contributed by atoms with Crippen LogP contribution in [0.2, 0.25) is 0 Å². The Balaban J connectivity index is 1.96. The molecule has 1 heterocycles. The molecule has 25 heavy (non-hydrogen) atoms. The van der Waals surface area contributed by atoms with E-state index in [9.17, 15) is 4.79 Å². The first-order chi connectivity index (χ1) is 12.1. The molecule has 0 saturated heterocycles. The number of carbonyl (C=O) groups excluding carboxylic acids is 1. The summed E-state index contributed by atoms with van der Waals surface area (Å²) in [5.74, 6) is 0.733. The lowest BCUT2D eigenvalue weighted by atomic mass is 10.1. The number of nitrogens with zero attached hydrogens (tertiary/aromatic N) is 1. The van der Waals surface area contributed by atoms with E-state index in [2.05, 4.69) is 10.3 Å². The van der Waals surface area contributed by atoms with Gasteiger partial charge in [0.05, 0.1) is 14.2 Å². The van der Waals surface area contributed by atoms with Crippen LogP contribution < -0.4 is 20.5 Å². The molecule has 2 aromatic carbocycles. The zero-order valence-corrected chi connectivity index (χ0v) is 14.6. The van der Waals surface area contributed by atoms with E-state index < -0.39 is 0 Å². The third-order valence-corrected chi connectivity index (χ3v) is 4.52. The minimum atomic E-state index is -0.287. The SMILES string of the molecule is COc1cccc(OC)c1C(=O)c1sc(Nc2ccccc2)nc1N. The third kappa shape index (κ3) is 3.41. The van der Waals surface area contributed by atoms with Crippen LogP contribution in [0.4, 0.5) is 16.6 Å². The van der Waals surface area contributed by atoms with Gasteiger partial charge in [-0.1, -0.05) is 35.6 Å². The highest BCUT2D eigenvalue weighted by molar-refractivity contribution is 7.18. The molecule has 3 rings (SSSR count). The highest BCUT2D eigenvalue weighted by atomic mass is 32.1. The summed E-state index contributed by atoms with van der Waals surface area (Å²) in [6.45, 7) is 0. The van der Waals surface area contributed by atoms with Gasteiger partial charge >= 0.3 is 0 Å². The van der Waals surface area contributed by atoms with Crippen molar-refractivity contribution < 1.29 is 14.3 Å². The van der Waals surface area contributed by atoms with E-state index >= 15 is 0 Å². The molecule has 0 bridgehead atoms. The van der Waals surface area contributed by atoms with Gasteiger partial charge in [0.25, 0.3) is 0 Å². The van der Waals surface area contributed by atoms with Gasteiger partial charge in [-0.05, 0) is 24.3 Å². The molecule has 3 N–H and O–H groups in total. The molecule has 0 aliphatic rings. The van der Waals surface area contributed by atoms with Gasteiger partial charge in [0.2, 0.25) is 5.78 Å². The van der Waals surface area contributed by atoms with Crippen molar-refractivity contribution in [2.24, 2.45) is 0 Å². The predicted molar refractivity (Wildman–Crippen MR) is 99.2 cm³/mol. The van der Waals surface area contributed by atoms with Gasteiger partial charge < -0.3 is 20.5 Å². The maximum atomic E-state index is 13.0. The van der Waals surface area contributed by atoms with Crippen LogP contribution in [0, 0.1) is 0 Å². The summed E-state index contributed by atoms with van der Waals surface area (Å²) in [5.41, 5.74) is 7.17. The van der Waals surface area contributed by atoms with Crippen molar-refractivity contribution in [3.8, 4) is 11.5 Å². The summed E-state index contributed by atoms with van der Waals surface area (Å²) in [5, 5.41) is 3.68. The van der Waals surface area contributed by atoms with E-state index in [1.54, 1.807) is 18.2 Å². The van der Waals surface area contributed by atoms with Crippen LogP contribution in [0.1, 0.15) is 15.2 Å². The number of hydrogen-bond donors (Lipinski definition) is 2. The highest BCUT2D eigenvalue weighted by Gasteiger charge is 2.24. The van der Waals surface area contributed by atoms with Crippen molar-refractivity contribution in [3.05, 3.63) is 59.0 Å². The number of thiazole rings is 1. The van der Waals surface area contributed by atoms with Gasteiger partial charge in [0.1, 0.15) is 27.8 Å². The number of benzene rings is 2. The molecule has 128 valence electrons. The molecular weight excluding hydrogens is 338 g/mol. The molecule has 0 unspecified atom stereocenters. The van der Waals surface area contributed by atoms with Gasteiger partial charge in [0.15, 0.2) is 5.13 Å².